The predicted octanol–water partition coefficient (Wildman–Crippen LogP) is 4.08. The summed E-state index contributed by atoms with van der Waals surface area (Å²) in [6.45, 7) is 0.733. The highest BCUT2D eigenvalue weighted by Crippen LogP contribution is 2.17. The second-order valence-corrected chi connectivity index (χ2v) is 6.29. The summed E-state index contributed by atoms with van der Waals surface area (Å²) < 4.78 is 16.1. The van der Waals surface area contributed by atoms with Gasteiger partial charge >= 0.3 is 0 Å². The maximum absolute atomic E-state index is 12.8. The smallest absolute Gasteiger partial charge is 0.227 e. The zero-order chi connectivity index (χ0) is 19.2. The Balaban J connectivity index is 1.40. The normalized spacial score (nSPS) is 10.9. The molecule has 0 N–H and O–H groups in total. The Kier molecular flexibility index (Phi) is 5.33. The first-order valence-corrected chi connectivity index (χ1v) is 8.98. The van der Waals surface area contributed by atoms with Crippen LogP contribution < -0.4 is 0 Å². The maximum atomic E-state index is 12.8. The number of aryl methyl sites for hydroxylation is 1. The fourth-order valence-corrected chi connectivity index (χ4v) is 2.85. The van der Waals surface area contributed by atoms with Gasteiger partial charge in [-0.3, -0.25) is 4.79 Å². The van der Waals surface area contributed by atoms with E-state index < -0.39 is 0 Å². The summed E-state index contributed by atoms with van der Waals surface area (Å²) in [4.78, 5) is 18.9. The van der Waals surface area contributed by atoms with Gasteiger partial charge in [-0.25, -0.2) is 0 Å². The lowest BCUT2D eigenvalue weighted by molar-refractivity contribution is -0.133. The molecule has 0 saturated carbocycles. The second kappa shape index (κ2) is 8.39. The lowest BCUT2D eigenvalue weighted by atomic mass is 10.2. The molecule has 7 nitrogen and oxygen atoms in total. The topological polar surface area (TPSA) is 85.5 Å². The van der Waals surface area contributed by atoms with Crippen LogP contribution >= 0.6 is 0 Å². The number of hydrogen-bond donors (Lipinski definition) is 0. The van der Waals surface area contributed by atoms with Gasteiger partial charge in [0.25, 0.3) is 0 Å². The van der Waals surface area contributed by atoms with E-state index in [9.17, 15) is 4.79 Å². The van der Waals surface area contributed by atoms with Crippen molar-refractivity contribution in [2.45, 2.75) is 25.9 Å². The molecular weight excluding hydrogens is 358 g/mol. The molecule has 28 heavy (non-hydrogen) atoms. The van der Waals surface area contributed by atoms with Gasteiger partial charge in [-0.05, 0) is 24.3 Å². The lowest BCUT2D eigenvalue weighted by Crippen LogP contribution is -2.30. The van der Waals surface area contributed by atoms with Gasteiger partial charge in [-0.1, -0.05) is 35.5 Å². The molecule has 0 radical (unpaired) electrons. The zero-order valence-corrected chi connectivity index (χ0v) is 15.2. The molecule has 0 aliphatic rings. The van der Waals surface area contributed by atoms with Gasteiger partial charge in [0.2, 0.25) is 17.6 Å². The average molecular weight is 377 g/mol. The summed E-state index contributed by atoms with van der Waals surface area (Å²) in [6.07, 6.45) is 3.80. The molecule has 0 atom stereocenters. The quantitative estimate of drug-likeness (QED) is 0.460. The van der Waals surface area contributed by atoms with Gasteiger partial charge < -0.3 is 18.3 Å². The van der Waals surface area contributed by atoms with Crippen LogP contribution in [0.5, 0.6) is 0 Å². The van der Waals surface area contributed by atoms with Crippen molar-refractivity contribution in [2.75, 3.05) is 0 Å². The molecule has 1 aromatic carbocycles. The van der Waals surface area contributed by atoms with Gasteiger partial charge in [0.15, 0.2) is 0 Å². The van der Waals surface area contributed by atoms with Crippen molar-refractivity contribution in [1.29, 1.82) is 0 Å². The third-order valence-electron chi connectivity index (χ3n) is 4.26. The first kappa shape index (κ1) is 17.8. The van der Waals surface area contributed by atoms with E-state index in [1.54, 1.807) is 29.6 Å². The predicted molar refractivity (Wildman–Crippen MR) is 99.7 cm³/mol. The lowest BCUT2D eigenvalue weighted by Gasteiger charge is -2.20. The minimum Gasteiger partial charge on any atom is -0.467 e. The van der Waals surface area contributed by atoms with Crippen molar-refractivity contribution in [3.8, 4) is 11.4 Å². The van der Waals surface area contributed by atoms with Crippen molar-refractivity contribution in [3.63, 3.8) is 0 Å². The Morgan fingerprint density at radius 2 is 1.57 bits per heavy atom. The third kappa shape index (κ3) is 4.37. The van der Waals surface area contributed by atoms with Crippen LogP contribution in [0.2, 0.25) is 0 Å². The molecule has 3 aromatic heterocycles. The minimum absolute atomic E-state index is 0.0488. The van der Waals surface area contributed by atoms with E-state index >= 15 is 0 Å². The highest BCUT2D eigenvalue weighted by atomic mass is 16.5. The van der Waals surface area contributed by atoms with E-state index in [0.717, 1.165) is 5.56 Å². The van der Waals surface area contributed by atoms with Crippen LogP contribution in [0, 0.1) is 0 Å². The third-order valence-corrected chi connectivity index (χ3v) is 4.26. The van der Waals surface area contributed by atoms with E-state index in [4.69, 9.17) is 13.4 Å². The number of hydrogen-bond acceptors (Lipinski definition) is 6. The highest BCUT2D eigenvalue weighted by molar-refractivity contribution is 5.76. The van der Waals surface area contributed by atoms with Crippen molar-refractivity contribution in [1.82, 2.24) is 15.0 Å². The Labute approximate surface area is 161 Å². The summed E-state index contributed by atoms with van der Waals surface area (Å²) in [7, 11) is 0. The molecule has 4 aromatic rings. The van der Waals surface area contributed by atoms with Crippen LogP contribution in [0.25, 0.3) is 11.4 Å². The van der Waals surface area contributed by atoms with Crippen LogP contribution in [0.1, 0.15) is 23.8 Å². The number of furan rings is 2. The number of nitrogens with zero attached hydrogens (tertiary/aromatic N) is 3. The van der Waals surface area contributed by atoms with Gasteiger partial charge in [0.05, 0.1) is 25.6 Å². The molecule has 0 aliphatic heterocycles. The Morgan fingerprint density at radius 1 is 0.893 bits per heavy atom. The first-order chi connectivity index (χ1) is 13.8. The SMILES string of the molecule is O=C(CCc1nc(-c2ccccc2)no1)N(Cc1ccco1)Cc1ccco1. The molecule has 7 heteroatoms. The van der Waals surface area contributed by atoms with E-state index in [1.165, 1.54) is 0 Å². The van der Waals surface area contributed by atoms with Crippen molar-refractivity contribution in [2.24, 2.45) is 0 Å². The zero-order valence-electron chi connectivity index (χ0n) is 15.2. The average Bonchev–Trinajstić information content (AvgIpc) is 3.49. The number of carbonyl (C=O) groups is 1. The Hall–Kier alpha value is -3.61. The van der Waals surface area contributed by atoms with Crippen LogP contribution in [-0.2, 0) is 24.3 Å². The van der Waals surface area contributed by atoms with Crippen LogP contribution in [0.4, 0.5) is 0 Å². The molecule has 0 bridgehead atoms. The Morgan fingerprint density at radius 3 is 2.18 bits per heavy atom. The van der Waals surface area contributed by atoms with Gasteiger partial charge in [0.1, 0.15) is 11.5 Å². The molecule has 3 heterocycles. The number of rotatable bonds is 8. The number of benzene rings is 1. The maximum Gasteiger partial charge on any atom is 0.227 e. The molecule has 0 unspecified atom stereocenters. The number of aromatic nitrogens is 2. The molecule has 0 spiro atoms. The summed E-state index contributed by atoms with van der Waals surface area (Å²) in [5.74, 6) is 2.33. The molecule has 4 rings (SSSR count). The minimum atomic E-state index is -0.0488. The standard InChI is InChI=1S/C21H19N3O4/c25-20(11-10-19-22-21(23-28-19)16-6-2-1-3-7-16)24(14-17-8-4-12-26-17)15-18-9-5-13-27-18/h1-9,12-13H,10-11,14-15H2. The van der Waals surface area contributed by atoms with E-state index in [-0.39, 0.29) is 12.3 Å². The second-order valence-electron chi connectivity index (χ2n) is 6.29. The monoisotopic (exact) mass is 377 g/mol. The van der Waals surface area contributed by atoms with Gasteiger partial charge in [-0.2, -0.15) is 4.98 Å². The van der Waals surface area contributed by atoms with E-state index in [0.29, 0.717) is 42.7 Å². The highest BCUT2D eigenvalue weighted by Gasteiger charge is 2.18. The van der Waals surface area contributed by atoms with Crippen molar-refractivity contribution >= 4 is 5.91 Å². The van der Waals surface area contributed by atoms with Crippen LogP contribution in [0.15, 0.2) is 80.5 Å². The fraction of sp³-hybridized carbons (Fsp3) is 0.190. The largest absolute Gasteiger partial charge is 0.467 e. The number of amides is 1. The fourth-order valence-electron chi connectivity index (χ4n) is 2.85. The Bertz CT molecular complexity index is 955. The van der Waals surface area contributed by atoms with Crippen molar-refractivity contribution < 1.29 is 18.2 Å². The molecule has 142 valence electrons. The first-order valence-electron chi connectivity index (χ1n) is 8.98. The van der Waals surface area contributed by atoms with Crippen molar-refractivity contribution in [3.05, 3.63) is 84.5 Å². The summed E-state index contributed by atoms with van der Waals surface area (Å²) in [5, 5.41) is 3.99. The van der Waals surface area contributed by atoms with Crippen LogP contribution in [0.3, 0.4) is 0 Å². The molecular formula is C21H19N3O4. The molecule has 1 amide bonds. The molecule has 0 saturated heterocycles. The van der Waals surface area contributed by atoms with E-state index in [1.807, 2.05) is 42.5 Å². The van der Waals surface area contributed by atoms with E-state index in [2.05, 4.69) is 10.1 Å². The van der Waals surface area contributed by atoms with Crippen LogP contribution in [-0.4, -0.2) is 20.9 Å². The summed E-state index contributed by atoms with van der Waals surface area (Å²) in [6, 6.07) is 16.9. The number of carbonyl (C=O) groups excluding carboxylic acids is 1. The van der Waals surface area contributed by atoms with Gasteiger partial charge in [0, 0.05) is 18.4 Å². The van der Waals surface area contributed by atoms with Gasteiger partial charge in [-0.15, -0.1) is 0 Å². The molecule has 0 aliphatic carbocycles. The summed E-state index contributed by atoms with van der Waals surface area (Å²) in [5.41, 5.74) is 0.876. The molecule has 0 fully saturated rings. The summed E-state index contributed by atoms with van der Waals surface area (Å²) >= 11 is 0.